The van der Waals surface area contributed by atoms with Crippen molar-refractivity contribution in [2.75, 3.05) is 31.6 Å². The topological polar surface area (TPSA) is 41.6 Å². The van der Waals surface area contributed by atoms with Gasteiger partial charge in [0.1, 0.15) is 11.3 Å². The van der Waals surface area contributed by atoms with Crippen LogP contribution in [0.5, 0.6) is 5.75 Å². The summed E-state index contributed by atoms with van der Waals surface area (Å²) in [7, 11) is 1.68. The van der Waals surface area contributed by atoms with Gasteiger partial charge in [-0.3, -0.25) is 4.79 Å². The van der Waals surface area contributed by atoms with E-state index < -0.39 is 5.54 Å². The molecule has 0 spiro atoms. The first kappa shape index (κ1) is 17.1. The molecular formula is C22H26N2O2. The highest BCUT2D eigenvalue weighted by atomic mass is 16.5. The number of anilines is 1. The average Bonchev–Trinajstić information content (AvgIpc) is 3.12. The van der Waals surface area contributed by atoms with Gasteiger partial charge in [0.05, 0.1) is 7.11 Å². The van der Waals surface area contributed by atoms with Crippen molar-refractivity contribution in [3.8, 4) is 5.75 Å². The predicted octanol–water partition coefficient (Wildman–Crippen LogP) is 3.16. The highest BCUT2D eigenvalue weighted by Gasteiger charge is 2.51. The number of nitrogens with zero attached hydrogens (tertiary/aromatic N) is 1. The van der Waals surface area contributed by atoms with Gasteiger partial charge in [-0.25, -0.2) is 0 Å². The lowest BCUT2D eigenvalue weighted by Crippen LogP contribution is -2.67. The van der Waals surface area contributed by atoms with E-state index in [0.29, 0.717) is 6.54 Å². The third-order valence-electron chi connectivity index (χ3n) is 6.09. The first-order chi connectivity index (χ1) is 12.7. The van der Waals surface area contributed by atoms with Crippen LogP contribution in [0.25, 0.3) is 0 Å². The number of methoxy groups -OCH3 is 1. The van der Waals surface area contributed by atoms with Crippen molar-refractivity contribution in [1.29, 1.82) is 0 Å². The molecule has 2 aliphatic rings. The van der Waals surface area contributed by atoms with Crippen molar-refractivity contribution in [3.05, 3.63) is 59.7 Å². The molecule has 1 aliphatic heterocycles. The minimum atomic E-state index is -0.542. The maximum Gasteiger partial charge on any atom is 0.157 e. The molecule has 4 nitrogen and oxygen atoms in total. The van der Waals surface area contributed by atoms with Gasteiger partial charge in [-0.2, -0.15) is 0 Å². The number of rotatable bonds is 4. The number of fused-ring (bicyclic) bond motifs is 1. The predicted molar refractivity (Wildman–Crippen MR) is 104 cm³/mol. The first-order valence-corrected chi connectivity index (χ1v) is 9.38. The van der Waals surface area contributed by atoms with Crippen molar-refractivity contribution >= 4 is 11.5 Å². The fraction of sp³-hybridized carbons (Fsp3) is 0.409. The molecule has 136 valence electrons. The van der Waals surface area contributed by atoms with E-state index in [1.54, 1.807) is 14.0 Å². The van der Waals surface area contributed by atoms with Crippen molar-refractivity contribution in [2.45, 2.75) is 31.2 Å². The quantitative estimate of drug-likeness (QED) is 0.920. The normalized spacial score (nSPS) is 25.0. The monoisotopic (exact) mass is 350 g/mol. The van der Waals surface area contributed by atoms with Crippen LogP contribution in [0.1, 0.15) is 30.4 Å². The smallest absolute Gasteiger partial charge is 0.157 e. The standard InChI is InChI=1S/C22H26N2O2/c1-16(25)22(21-12-7-17-5-3-4-6-20(17)21)15-23-13-14-24(22)18-8-10-19(26-2)11-9-18/h3-6,8-11,21,23H,7,12-15H2,1-2H3. The van der Waals surface area contributed by atoms with Crippen LogP contribution in [-0.4, -0.2) is 38.1 Å². The molecular weight excluding hydrogens is 324 g/mol. The van der Waals surface area contributed by atoms with Crippen LogP contribution < -0.4 is 15.0 Å². The van der Waals surface area contributed by atoms with E-state index in [2.05, 4.69) is 46.6 Å². The van der Waals surface area contributed by atoms with Crippen molar-refractivity contribution in [3.63, 3.8) is 0 Å². The molecule has 2 aromatic rings. The molecule has 0 amide bonds. The zero-order valence-electron chi connectivity index (χ0n) is 15.5. The summed E-state index contributed by atoms with van der Waals surface area (Å²) >= 11 is 0. The van der Waals surface area contributed by atoms with Gasteiger partial charge in [-0.15, -0.1) is 0 Å². The summed E-state index contributed by atoms with van der Waals surface area (Å²) < 4.78 is 5.30. The third kappa shape index (κ3) is 2.60. The van der Waals surface area contributed by atoms with Gasteiger partial charge in [0, 0.05) is 31.2 Å². The summed E-state index contributed by atoms with van der Waals surface area (Å²) in [6.07, 6.45) is 2.07. The second-order valence-corrected chi connectivity index (χ2v) is 7.30. The summed E-state index contributed by atoms with van der Waals surface area (Å²) in [4.78, 5) is 15.4. The van der Waals surface area contributed by atoms with Crippen molar-refractivity contribution in [2.24, 2.45) is 0 Å². The number of carbonyl (C=O) groups is 1. The summed E-state index contributed by atoms with van der Waals surface area (Å²) in [5.41, 5.74) is 3.27. The lowest BCUT2D eigenvalue weighted by atomic mass is 9.74. The molecule has 2 unspecified atom stereocenters. The van der Waals surface area contributed by atoms with E-state index >= 15 is 0 Å². The zero-order valence-corrected chi connectivity index (χ0v) is 15.5. The van der Waals surface area contributed by atoms with Gasteiger partial charge < -0.3 is 15.0 Å². The summed E-state index contributed by atoms with van der Waals surface area (Å²) in [6, 6.07) is 16.7. The Morgan fingerprint density at radius 2 is 1.96 bits per heavy atom. The Morgan fingerprint density at radius 3 is 2.69 bits per heavy atom. The fourth-order valence-corrected chi connectivity index (χ4v) is 4.81. The van der Waals surface area contributed by atoms with Crippen LogP contribution in [0.15, 0.2) is 48.5 Å². The van der Waals surface area contributed by atoms with Gasteiger partial charge in [-0.1, -0.05) is 24.3 Å². The number of hydrogen-bond acceptors (Lipinski definition) is 4. The lowest BCUT2D eigenvalue weighted by molar-refractivity contribution is -0.123. The van der Waals surface area contributed by atoms with Crippen molar-refractivity contribution in [1.82, 2.24) is 5.32 Å². The maximum absolute atomic E-state index is 13.1. The lowest BCUT2D eigenvalue weighted by Gasteiger charge is -2.51. The molecule has 1 N–H and O–H groups in total. The molecule has 1 fully saturated rings. The number of aryl methyl sites for hydroxylation is 1. The van der Waals surface area contributed by atoms with E-state index in [9.17, 15) is 4.79 Å². The molecule has 2 atom stereocenters. The van der Waals surface area contributed by atoms with E-state index in [0.717, 1.165) is 37.4 Å². The molecule has 0 saturated carbocycles. The van der Waals surface area contributed by atoms with E-state index in [4.69, 9.17) is 4.74 Å². The maximum atomic E-state index is 13.1. The molecule has 0 bridgehead atoms. The number of ketones is 1. The Balaban J connectivity index is 1.80. The number of nitrogens with one attached hydrogen (secondary N) is 1. The SMILES string of the molecule is COc1ccc(N2CCNCC2(C(C)=O)C2CCc3ccccc32)cc1. The number of carbonyl (C=O) groups excluding carboxylic acids is 1. The Bertz CT molecular complexity index is 802. The molecule has 4 rings (SSSR count). The fourth-order valence-electron chi connectivity index (χ4n) is 4.81. The van der Waals surface area contributed by atoms with Crippen LogP contribution in [0.4, 0.5) is 5.69 Å². The number of hydrogen-bond donors (Lipinski definition) is 1. The summed E-state index contributed by atoms with van der Waals surface area (Å²) in [5, 5.41) is 3.50. The minimum Gasteiger partial charge on any atom is -0.497 e. The van der Waals surface area contributed by atoms with Crippen LogP contribution in [-0.2, 0) is 11.2 Å². The van der Waals surface area contributed by atoms with E-state index in [1.807, 2.05) is 12.1 Å². The highest BCUT2D eigenvalue weighted by molar-refractivity contribution is 5.92. The van der Waals surface area contributed by atoms with Gasteiger partial charge in [-0.05, 0) is 55.2 Å². The second kappa shape index (κ2) is 6.76. The minimum absolute atomic E-state index is 0.214. The molecule has 0 aromatic heterocycles. The van der Waals surface area contributed by atoms with Crippen molar-refractivity contribution < 1.29 is 9.53 Å². The Morgan fingerprint density at radius 1 is 1.19 bits per heavy atom. The molecule has 0 radical (unpaired) electrons. The Hall–Kier alpha value is -2.33. The molecule has 1 aliphatic carbocycles. The van der Waals surface area contributed by atoms with Gasteiger partial charge in [0.25, 0.3) is 0 Å². The third-order valence-corrected chi connectivity index (χ3v) is 6.09. The number of Topliss-reactive ketones (excluding diaryl/α,β-unsaturated/α-hetero) is 1. The first-order valence-electron chi connectivity index (χ1n) is 9.38. The van der Waals surface area contributed by atoms with E-state index in [1.165, 1.54) is 11.1 Å². The van der Waals surface area contributed by atoms with Crippen LogP contribution >= 0.6 is 0 Å². The molecule has 4 heteroatoms. The molecule has 1 heterocycles. The highest BCUT2D eigenvalue weighted by Crippen LogP contribution is 2.46. The molecule has 26 heavy (non-hydrogen) atoms. The number of benzene rings is 2. The second-order valence-electron chi connectivity index (χ2n) is 7.30. The summed E-state index contributed by atoms with van der Waals surface area (Å²) in [5.74, 6) is 1.29. The van der Waals surface area contributed by atoms with Crippen LogP contribution in [0.2, 0.25) is 0 Å². The molecule has 2 aromatic carbocycles. The Kier molecular flexibility index (Phi) is 4.45. The number of ether oxygens (including phenoxy) is 1. The van der Waals surface area contributed by atoms with E-state index in [-0.39, 0.29) is 11.7 Å². The van der Waals surface area contributed by atoms with Crippen LogP contribution in [0.3, 0.4) is 0 Å². The van der Waals surface area contributed by atoms with Gasteiger partial charge >= 0.3 is 0 Å². The largest absolute Gasteiger partial charge is 0.497 e. The summed E-state index contributed by atoms with van der Waals surface area (Å²) in [6.45, 7) is 4.15. The van der Waals surface area contributed by atoms with Crippen LogP contribution in [0, 0.1) is 0 Å². The molecule has 1 saturated heterocycles. The zero-order chi connectivity index (χ0) is 18.1. The average molecular weight is 350 g/mol. The van der Waals surface area contributed by atoms with Gasteiger partial charge in [0.2, 0.25) is 0 Å². The number of piperazine rings is 1. The van der Waals surface area contributed by atoms with Gasteiger partial charge in [0.15, 0.2) is 5.78 Å². The Labute approximate surface area is 155 Å².